The molecule has 0 aromatic heterocycles. The Morgan fingerprint density at radius 1 is 1.29 bits per heavy atom. The molecule has 0 spiro atoms. The Bertz CT molecular complexity index is 351. The monoisotopic (exact) mass is 252 g/mol. The van der Waals surface area contributed by atoms with Crippen LogP contribution in [0.1, 0.15) is 32.3 Å². The van der Waals surface area contributed by atoms with Gasteiger partial charge >= 0.3 is 0 Å². The van der Waals surface area contributed by atoms with Crippen LogP contribution < -0.4 is 11.1 Å². The quantitative estimate of drug-likeness (QED) is 0.754. The first-order valence-corrected chi connectivity index (χ1v) is 7.44. The first kappa shape index (κ1) is 14.2. The lowest BCUT2D eigenvalue weighted by Gasteiger charge is -2.30. The molecule has 0 atom stereocenters. The summed E-state index contributed by atoms with van der Waals surface area (Å²) in [6, 6.07) is 6.14. The third-order valence-electron chi connectivity index (χ3n) is 3.61. The molecule has 0 saturated heterocycles. The highest BCUT2D eigenvalue weighted by Crippen LogP contribution is 2.31. The number of nitrogens with two attached hydrogens (primary N) is 1. The highest BCUT2D eigenvalue weighted by molar-refractivity contribution is 8.00. The molecule has 1 rings (SSSR count). The van der Waals surface area contributed by atoms with Crippen LogP contribution in [0.15, 0.2) is 18.2 Å². The molecular formula is C14H24N2S. The standard InChI is InChI=1S/C14H24N2S/c1-5-14(6-2,17-4)10-16-12-7-8-13(15)11(3)9-12/h7-9,16H,5-6,10,15H2,1-4H3. The maximum Gasteiger partial charge on any atom is 0.0345 e. The van der Waals surface area contributed by atoms with Crippen molar-refractivity contribution >= 4 is 23.1 Å². The molecular weight excluding hydrogens is 228 g/mol. The van der Waals surface area contributed by atoms with Crippen LogP contribution in [-0.2, 0) is 0 Å². The van der Waals surface area contributed by atoms with Gasteiger partial charge < -0.3 is 11.1 Å². The molecule has 0 aliphatic carbocycles. The average molecular weight is 252 g/mol. The zero-order valence-corrected chi connectivity index (χ0v) is 12.2. The highest BCUT2D eigenvalue weighted by Gasteiger charge is 2.24. The number of hydrogen-bond donors (Lipinski definition) is 2. The minimum absolute atomic E-state index is 0.343. The van der Waals surface area contributed by atoms with Gasteiger partial charge in [0.2, 0.25) is 0 Å². The van der Waals surface area contributed by atoms with Gasteiger partial charge in [0.1, 0.15) is 0 Å². The maximum absolute atomic E-state index is 5.82. The predicted molar refractivity (Wildman–Crippen MR) is 80.9 cm³/mol. The molecule has 0 radical (unpaired) electrons. The fourth-order valence-electron chi connectivity index (χ4n) is 1.91. The normalized spacial score (nSPS) is 11.5. The third-order valence-corrected chi connectivity index (χ3v) is 5.19. The van der Waals surface area contributed by atoms with Gasteiger partial charge in [0.15, 0.2) is 0 Å². The number of nitrogen functional groups attached to an aromatic ring is 1. The van der Waals surface area contributed by atoms with Crippen LogP contribution in [0.25, 0.3) is 0 Å². The van der Waals surface area contributed by atoms with Gasteiger partial charge in [0.25, 0.3) is 0 Å². The van der Waals surface area contributed by atoms with E-state index < -0.39 is 0 Å². The zero-order chi connectivity index (χ0) is 12.9. The minimum Gasteiger partial charge on any atom is -0.399 e. The Balaban J connectivity index is 2.68. The van der Waals surface area contributed by atoms with E-state index in [0.717, 1.165) is 23.5 Å². The molecule has 1 aromatic rings. The van der Waals surface area contributed by atoms with Crippen molar-refractivity contribution in [2.45, 2.75) is 38.4 Å². The van der Waals surface area contributed by atoms with Crippen molar-refractivity contribution in [3.8, 4) is 0 Å². The van der Waals surface area contributed by atoms with Crippen molar-refractivity contribution in [3.63, 3.8) is 0 Å². The summed E-state index contributed by atoms with van der Waals surface area (Å²) in [5, 5.41) is 3.53. The Morgan fingerprint density at radius 3 is 2.41 bits per heavy atom. The summed E-state index contributed by atoms with van der Waals surface area (Å²) in [4.78, 5) is 0. The second kappa shape index (κ2) is 6.20. The van der Waals surface area contributed by atoms with Crippen LogP contribution in [-0.4, -0.2) is 17.5 Å². The average Bonchev–Trinajstić information content (AvgIpc) is 2.36. The van der Waals surface area contributed by atoms with Crippen LogP contribution in [0.5, 0.6) is 0 Å². The summed E-state index contributed by atoms with van der Waals surface area (Å²) in [7, 11) is 0. The molecule has 3 N–H and O–H groups in total. The van der Waals surface area contributed by atoms with E-state index in [1.165, 1.54) is 12.8 Å². The topological polar surface area (TPSA) is 38.0 Å². The van der Waals surface area contributed by atoms with Crippen LogP contribution in [0.3, 0.4) is 0 Å². The van der Waals surface area contributed by atoms with E-state index in [1.54, 1.807) is 0 Å². The maximum atomic E-state index is 5.82. The van der Waals surface area contributed by atoms with Gasteiger partial charge in [-0.15, -0.1) is 0 Å². The molecule has 2 nitrogen and oxygen atoms in total. The summed E-state index contributed by atoms with van der Waals surface area (Å²) in [5.74, 6) is 0. The van der Waals surface area contributed by atoms with Crippen molar-refractivity contribution < 1.29 is 0 Å². The summed E-state index contributed by atoms with van der Waals surface area (Å²) < 4.78 is 0.343. The Morgan fingerprint density at radius 2 is 1.94 bits per heavy atom. The van der Waals surface area contributed by atoms with Crippen molar-refractivity contribution in [1.82, 2.24) is 0 Å². The summed E-state index contributed by atoms with van der Waals surface area (Å²) in [6.07, 6.45) is 4.57. The second-order valence-corrected chi connectivity index (χ2v) is 5.79. The highest BCUT2D eigenvalue weighted by atomic mass is 32.2. The van der Waals surface area contributed by atoms with E-state index in [1.807, 2.05) is 24.8 Å². The molecule has 0 aliphatic rings. The number of aryl methyl sites for hydroxylation is 1. The van der Waals surface area contributed by atoms with Gasteiger partial charge in [-0.25, -0.2) is 0 Å². The van der Waals surface area contributed by atoms with Gasteiger partial charge in [-0.1, -0.05) is 13.8 Å². The zero-order valence-electron chi connectivity index (χ0n) is 11.3. The molecule has 0 saturated carbocycles. The van der Waals surface area contributed by atoms with E-state index in [4.69, 9.17) is 5.73 Å². The molecule has 96 valence electrons. The van der Waals surface area contributed by atoms with Gasteiger partial charge in [-0.05, 0) is 49.8 Å². The molecule has 0 bridgehead atoms. The molecule has 17 heavy (non-hydrogen) atoms. The first-order valence-electron chi connectivity index (χ1n) is 6.22. The molecule has 0 amide bonds. The third kappa shape index (κ3) is 3.56. The van der Waals surface area contributed by atoms with Crippen molar-refractivity contribution in [1.29, 1.82) is 0 Å². The number of rotatable bonds is 6. The summed E-state index contributed by atoms with van der Waals surface area (Å²) in [5.41, 5.74) is 8.98. The van der Waals surface area contributed by atoms with E-state index in [0.29, 0.717) is 4.75 Å². The van der Waals surface area contributed by atoms with Gasteiger partial charge in [0.05, 0.1) is 0 Å². The Labute approximate surface area is 109 Å². The molecule has 0 heterocycles. The van der Waals surface area contributed by atoms with E-state index >= 15 is 0 Å². The fourth-order valence-corrected chi connectivity index (χ4v) is 2.70. The van der Waals surface area contributed by atoms with Crippen molar-refractivity contribution in [3.05, 3.63) is 23.8 Å². The molecule has 0 unspecified atom stereocenters. The van der Waals surface area contributed by atoms with Crippen LogP contribution in [0, 0.1) is 6.92 Å². The van der Waals surface area contributed by atoms with Gasteiger partial charge in [0, 0.05) is 22.7 Å². The van der Waals surface area contributed by atoms with Crippen LogP contribution in [0.2, 0.25) is 0 Å². The van der Waals surface area contributed by atoms with Crippen molar-refractivity contribution in [2.24, 2.45) is 0 Å². The Kier molecular flexibility index (Phi) is 5.19. The molecule has 0 fully saturated rings. The van der Waals surface area contributed by atoms with Crippen LogP contribution >= 0.6 is 11.8 Å². The number of hydrogen-bond acceptors (Lipinski definition) is 3. The first-order chi connectivity index (χ1) is 8.06. The lowest BCUT2D eigenvalue weighted by atomic mass is 10.0. The number of anilines is 2. The van der Waals surface area contributed by atoms with Crippen molar-refractivity contribution in [2.75, 3.05) is 23.9 Å². The summed E-state index contributed by atoms with van der Waals surface area (Å²) >= 11 is 1.96. The lowest BCUT2D eigenvalue weighted by molar-refractivity contribution is 0.575. The van der Waals surface area contributed by atoms with Crippen LogP contribution in [0.4, 0.5) is 11.4 Å². The van der Waals surface area contributed by atoms with E-state index in [-0.39, 0.29) is 0 Å². The SMILES string of the molecule is CCC(CC)(CNc1ccc(N)c(C)c1)SC. The lowest BCUT2D eigenvalue weighted by Crippen LogP contribution is -2.31. The molecule has 1 aromatic carbocycles. The minimum atomic E-state index is 0.343. The van der Waals surface area contributed by atoms with Gasteiger partial charge in [-0.3, -0.25) is 0 Å². The number of nitrogens with one attached hydrogen (secondary N) is 1. The Hall–Kier alpha value is -0.830. The number of thioether (sulfide) groups is 1. The smallest absolute Gasteiger partial charge is 0.0345 e. The van der Waals surface area contributed by atoms with E-state index in [9.17, 15) is 0 Å². The summed E-state index contributed by atoms with van der Waals surface area (Å²) in [6.45, 7) is 7.57. The van der Waals surface area contributed by atoms with E-state index in [2.05, 4.69) is 37.6 Å². The predicted octanol–water partition coefficient (Wildman–Crippen LogP) is 3.91. The number of benzene rings is 1. The fraction of sp³-hybridized carbons (Fsp3) is 0.571. The second-order valence-electron chi connectivity index (χ2n) is 4.52. The van der Waals surface area contributed by atoms with Gasteiger partial charge in [-0.2, -0.15) is 11.8 Å². The molecule has 0 aliphatic heterocycles. The molecule has 3 heteroatoms. The largest absolute Gasteiger partial charge is 0.399 e.